The summed E-state index contributed by atoms with van der Waals surface area (Å²) < 4.78 is 3.32. The Morgan fingerprint density at radius 3 is 2.74 bits per heavy atom. The first-order valence-corrected chi connectivity index (χ1v) is 11.0. The monoisotopic (exact) mass is 473 g/mol. The number of rotatable bonds is 6. The van der Waals surface area contributed by atoms with Gasteiger partial charge >= 0.3 is 0 Å². The van der Waals surface area contributed by atoms with Gasteiger partial charge in [-0.1, -0.05) is 43.3 Å². The van der Waals surface area contributed by atoms with Crippen LogP contribution in [0.3, 0.4) is 0 Å². The average molecular weight is 474 g/mol. The lowest BCUT2D eigenvalue weighted by Gasteiger charge is -2.15. The van der Waals surface area contributed by atoms with Gasteiger partial charge in [0.2, 0.25) is 0 Å². The van der Waals surface area contributed by atoms with Gasteiger partial charge < -0.3 is 26.8 Å². The largest absolute Gasteiger partial charge is 0.384 e. The molecule has 1 unspecified atom stereocenters. The zero-order valence-electron chi connectivity index (χ0n) is 19.5. The minimum absolute atomic E-state index is 0.0464. The van der Waals surface area contributed by atoms with E-state index in [1.54, 1.807) is 13.1 Å². The first-order valence-electron chi connectivity index (χ1n) is 11.0. The van der Waals surface area contributed by atoms with E-state index in [-0.39, 0.29) is 29.6 Å². The number of nitrogens with two attached hydrogens (primary N) is 2. The number of benzene rings is 1. The third kappa shape index (κ3) is 5.13. The van der Waals surface area contributed by atoms with Crippen LogP contribution in [-0.4, -0.2) is 43.5 Å². The van der Waals surface area contributed by atoms with Crippen molar-refractivity contribution in [3.8, 4) is 11.3 Å². The maximum atomic E-state index is 13.1. The SMILES string of the molecule is CC1CC=C(NC(=O)c2c(C(=O)NCC(N)=NN)cnn2C)C=Cn2cc(-c3ccccc3)nc21. The van der Waals surface area contributed by atoms with Gasteiger partial charge in [0.15, 0.2) is 0 Å². The van der Waals surface area contributed by atoms with Gasteiger partial charge in [-0.2, -0.15) is 10.2 Å². The van der Waals surface area contributed by atoms with Gasteiger partial charge in [0.05, 0.1) is 24.0 Å². The molecule has 6 N–H and O–H groups in total. The van der Waals surface area contributed by atoms with Gasteiger partial charge in [0.25, 0.3) is 11.8 Å². The zero-order chi connectivity index (χ0) is 24.9. The number of amides is 2. The van der Waals surface area contributed by atoms with Crippen LogP contribution >= 0.6 is 0 Å². The molecular weight excluding hydrogens is 446 g/mol. The smallest absolute Gasteiger partial charge is 0.274 e. The third-order valence-corrected chi connectivity index (χ3v) is 5.63. The van der Waals surface area contributed by atoms with Crippen LogP contribution in [0.15, 0.2) is 65.7 Å². The van der Waals surface area contributed by atoms with Crippen molar-refractivity contribution in [2.45, 2.75) is 19.3 Å². The normalized spacial score (nSPS) is 15.5. The summed E-state index contributed by atoms with van der Waals surface area (Å²) in [4.78, 5) is 30.5. The van der Waals surface area contributed by atoms with Crippen molar-refractivity contribution in [3.05, 3.63) is 77.7 Å². The molecule has 1 aromatic carbocycles. The first kappa shape index (κ1) is 23.5. The lowest BCUT2D eigenvalue weighted by Crippen LogP contribution is -2.35. The topological polar surface area (TPSA) is 158 Å². The van der Waals surface area contributed by atoms with Crippen molar-refractivity contribution in [1.29, 1.82) is 0 Å². The third-order valence-electron chi connectivity index (χ3n) is 5.63. The Labute approximate surface area is 202 Å². The molecule has 35 heavy (non-hydrogen) atoms. The molecule has 1 atom stereocenters. The molecule has 0 aliphatic carbocycles. The highest BCUT2D eigenvalue weighted by atomic mass is 16.2. The molecule has 11 heteroatoms. The van der Waals surface area contributed by atoms with E-state index >= 15 is 0 Å². The van der Waals surface area contributed by atoms with E-state index in [9.17, 15) is 9.59 Å². The van der Waals surface area contributed by atoms with E-state index in [2.05, 4.69) is 27.8 Å². The Balaban J connectivity index is 1.53. The number of aromatic nitrogens is 4. The Morgan fingerprint density at radius 2 is 2.00 bits per heavy atom. The number of allylic oxidation sites excluding steroid dienone is 2. The van der Waals surface area contributed by atoms with Crippen LogP contribution < -0.4 is 22.2 Å². The average Bonchev–Trinajstić information content (AvgIpc) is 3.47. The number of hydrogen-bond donors (Lipinski definition) is 4. The Kier molecular flexibility index (Phi) is 6.76. The van der Waals surface area contributed by atoms with E-state index < -0.39 is 11.8 Å². The van der Waals surface area contributed by atoms with E-state index in [1.807, 2.05) is 53.4 Å². The van der Waals surface area contributed by atoms with Crippen molar-refractivity contribution in [1.82, 2.24) is 30.0 Å². The molecule has 1 aliphatic rings. The van der Waals surface area contributed by atoms with Crippen LogP contribution in [0.1, 0.15) is 45.9 Å². The molecule has 3 heterocycles. The number of hydrazone groups is 1. The summed E-state index contributed by atoms with van der Waals surface area (Å²) in [6.07, 6.45) is 9.58. The Bertz CT molecular complexity index is 1330. The van der Waals surface area contributed by atoms with Crippen LogP contribution in [0.25, 0.3) is 17.5 Å². The van der Waals surface area contributed by atoms with Crippen LogP contribution in [0, 0.1) is 0 Å². The zero-order valence-corrected chi connectivity index (χ0v) is 19.5. The van der Waals surface area contributed by atoms with Crippen molar-refractivity contribution < 1.29 is 9.59 Å². The fraction of sp³-hybridized carbons (Fsp3) is 0.208. The lowest BCUT2D eigenvalue weighted by molar-refractivity contribution is 0.0923. The number of carbonyl (C=O) groups is 2. The molecular formula is C24H27N9O2. The molecule has 0 radical (unpaired) electrons. The fourth-order valence-corrected chi connectivity index (χ4v) is 3.75. The predicted octanol–water partition coefficient (Wildman–Crippen LogP) is 1.54. The molecule has 2 aromatic heterocycles. The number of amidine groups is 1. The summed E-state index contributed by atoms with van der Waals surface area (Å²) in [6.45, 7) is 2.04. The number of nitrogens with zero attached hydrogens (tertiary/aromatic N) is 5. The first-order chi connectivity index (χ1) is 16.9. The Morgan fingerprint density at radius 1 is 1.23 bits per heavy atom. The number of aryl methyl sites for hydroxylation is 1. The quantitative estimate of drug-likeness (QED) is 0.184. The summed E-state index contributed by atoms with van der Waals surface area (Å²) >= 11 is 0. The number of nitrogens with one attached hydrogen (secondary N) is 2. The fourth-order valence-electron chi connectivity index (χ4n) is 3.75. The van der Waals surface area contributed by atoms with Crippen LogP contribution in [0.4, 0.5) is 0 Å². The molecule has 0 bridgehead atoms. The number of hydrogen-bond acceptors (Lipinski definition) is 6. The number of imidazole rings is 1. The van der Waals surface area contributed by atoms with Gasteiger partial charge in [0, 0.05) is 36.6 Å². The minimum atomic E-state index is -0.512. The molecule has 0 saturated heterocycles. The standard InChI is InChI=1S/C24H27N9O2/c1-15-8-9-17(10-11-33-14-19(30-22(15)33)16-6-4-3-5-7-16)29-24(35)21-18(12-28-32(21)2)23(34)27-13-20(25)31-26/h3-7,9-12,14-15H,8,13,26H2,1-2H3,(H2,25,31)(H,27,34)(H,29,35). The van der Waals surface area contributed by atoms with Gasteiger partial charge in [-0.15, -0.1) is 0 Å². The van der Waals surface area contributed by atoms with Gasteiger partial charge in [-0.05, 0) is 12.5 Å². The van der Waals surface area contributed by atoms with E-state index in [1.165, 1.54) is 10.9 Å². The molecule has 180 valence electrons. The molecule has 0 saturated carbocycles. The summed E-state index contributed by atoms with van der Waals surface area (Å²) in [5.41, 5.74) is 8.28. The second-order valence-corrected chi connectivity index (χ2v) is 8.16. The van der Waals surface area contributed by atoms with E-state index in [0.29, 0.717) is 12.1 Å². The molecule has 11 nitrogen and oxygen atoms in total. The maximum Gasteiger partial charge on any atom is 0.274 e. The van der Waals surface area contributed by atoms with Gasteiger partial charge in [-0.25, -0.2) is 4.98 Å². The highest BCUT2D eigenvalue weighted by Crippen LogP contribution is 2.26. The van der Waals surface area contributed by atoms with Gasteiger partial charge in [-0.3, -0.25) is 14.3 Å². The van der Waals surface area contributed by atoms with Crippen molar-refractivity contribution >= 4 is 23.8 Å². The Hall–Kier alpha value is -4.67. The second-order valence-electron chi connectivity index (χ2n) is 8.16. The van der Waals surface area contributed by atoms with Crippen LogP contribution in [0.5, 0.6) is 0 Å². The molecule has 3 aromatic rings. The maximum absolute atomic E-state index is 13.1. The highest BCUT2D eigenvalue weighted by Gasteiger charge is 2.23. The summed E-state index contributed by atoms with van der Waals surface area (Å²) in [6, 6.07) is 9.97. The minimum Gasteiger partial charge on any atom is -0.384 e. The van der Waals surface area contributed by atoms with Crippen molar-refractivity contribution in [3.63, 3.8) is 0 Å². The van der Waals surface area contributed by atoms with Gasteiger partial charge in [0.1, 0.15) is 17.4 Å². The summed E-state index contributed by atoms with van der Waals surface area (Å²) in [5, 5.41) is 12.8. The van der Waals surface area contributed by atoms with Crippen LogP contribution in [0.2, 0.25) is 0 Å². The molecule has 0 spiro atoms. The van der Waals surface area contributed by atoms with Crippen molar-refractivity contribution in [2.75, 3.05) is 6.54 Å². The summed E-state index contributed by atoms with van der Waals surface area (Å²) in [5.74, 6) is 5.23. The highest BCUT2D eigenvalue weighted by molar-refractivity contribution is 6.07. The van der Waals surface area contributed by atoms with E-state index in [4.69, 9.17) is 16.6 Å². The van der Waals surface area contributed by atoms with E-state index in [0.717, 1.165) is 17.1 Å². The molecule has 0 fully saturated rings. The molecule has 4 rings (SSSR count). The predicted molar refractivity (Wildman–Crippen MR) is 133 cm³/mol. The number of carbonyl (C=O) groups excluding carboxylic acids is 2. The number of fused-ring (bicyclic) bond motifs is 1. The lowest BCUT2D eigenvalue weighted by atomic mass is 10.1. The molecule has 1 aliphatic heterocycles. The summed E-state index contributed by atoms with van der Waals surface area (Å²) in [7, 11) is 1.59. The van der Waals surface area contributed by atoms with Crippen LogP contribution in [-0.2, 0) is 7.05 Å². The molecule has 2 amide bonds. The van der Waals surface area contributed by atoms with Crippen molar-refractivity contribution in [2.24, 2.45) is 23.7 Å². The second kappa shape index (κ2) is 10.1.